The lowest BCUT2D eigenvalue weighted by Crippen LogP contribution is -2.50. The van der Waals surface area contributed by atoms with Crippen molar-refractivity contribution >= 4 is 35.0 Å². The molecule has 0 saturated carbocycles. The van der Waals surface area contributed by atoms with E-state index >= 15 is 0 Å². The fraction of sp³-hybridized carbons (Fsp3) is 0.500. The molecule has 1 aliphatic rings. The summed E-state index contributed by atoms with van der Waals surface area (Å²) in [5.41, 5.74) is -0.172. The number of nitro benzene ring substituents is 1. The van der Waals surface area contributed by atoms with Gasteiger partial charge in [-0.25, -0.2) is 0 Å². The van der Waals surface area contributed by atoms with Gasteiger partial charge in [0, 0.05) is 18.1 Å². The Morgan fingerprint density at radius 2 is 2.23 bits per heavy atom. The summed E-state index contributed by atoms with van der Waals surface area (Å²) in [6.45, 7) is 2.52. The molecule has 1 heterocycles. The number of carbonyl (C=O) groups excluding carboxylic acids is 2. The van der Waals surface area contributed by atoms with Gasteiger partial charge in [0.15, 0.2) is 0 Å². The molecule has 1 unspecified atom stereocenters. The minimum atomic E-state index is -0.586. The summed E-state index contributed by atoms with van der Waals surface area (Å²) in [6.07, 6.45) is 0. The number of esters is 1. The van der Waals surface area contributed by atoms with Crippen molar-refractivity contribution in [2.24, 2.45) is 0 Å². The maximum absolute atomic E-state index is 12.4. The van der Waals surface area contributed by atoms with E-state index in [-0.39, 0.29) is 30.5 Å². The van der Waals surface area contributed by atoms with Gasteiger partial charge < -0.3 is 14.8 Å². The lowest BCUT2D eigenvalue weighted by atomic mass is 10.2. The number of hydrogen-bond acceptors (Lipinski definition) is 8. The van der Waals surface area contributed by atoms with E-state index in [1.807, 2.05) is 0 Å². The Bertz CT molecular complexity index is 684. The lowest BCUT2D eigenvalue weighted by molar-refractivity contribution is -0.384. The second-order valence-corrected chi connectivity index (χ2v) is 6.65. The molecule has 1 aromatic rings. The Hall–Kier alpha value is -2.33. The first-order valence-electron chi connectivity index (χ1n) is 8.07. The molecule has 0 aliphatic carbocycles. The van der Waals surface area contributed by atoms with Crippen LogP contribution in [0.25, 0.3) is 0 Å². The average Bonchev–Trinajstić information content (AvgIpc) is 2.62. The Kier molecular flexibility index (Phi) is 7.22. The molecule has 0 bridgehead atoms. The molecule has 1 saturated heterocycles. The first kappa shape index (κ1) is 20.0. The minimum Gasteiger partial charge on any atom is -0.496 e. The zero-order valence-corrected chi connectivity index (χ0v) is 15.4. The zero-order valence-electron chi connectivity index (χ0n) is 14.6. The monoisotopic (exact) mass is 383 g/mol. The number of hydrogen-bond donors (Lipinski definition) is 1. The van der Waals surface area contributed by atoms with Gasteiger partial charge in [-0.3, -0.25) is 24.6 Å². The first-order chi connectivity index (χ1) is 12.5. The summed E-state index contributed by atoms with van der Waals surface area (Å²) >= 11 is 1.63. The number of carbonyl (C=O) groups is 2. The molecule has 1 amide bonds. The van der Waals surface area contributed by atoms with E-state index in [4.69, 9.17) is 9.47 Å². The maximum atomic E-state index is 12.4. The summed E-state index contributed by atoms with van der Waals surface area (Å²) in [6, 6.07) is 3.70. The van der Waals surface area contributed by atoms with Crippen LogP contribution in [0.2, 0.25) is 0 Å². The van der Waals surface area contributed by atoms with E-state index in [2.05, 4.69) is 5.32 Å². The topological polar surface area (TPSA) is 111 Å². The molecule has 1 atom stereocenters. The predicted octanol–water partition coefficient (Wildman–Crippen LogP) is 1.52. The number of nitro groups is 1. The van der Waals surface area contributed by atoms with Crippen molar-refractivity contribution < 1.29 is 24.0 Å². The van der Waals surface area contributed by atoms with E-state index in [0.29, 0.717) is 18.0 Å². The smallest absolute Gasteiger partial charge is 0.324 e. The summed E-state index contributed by atoms with van der Waals surface area (Å²) in [4.78, 5) is 36.8. The van der Waals surface area contributed by atoms with Crippen molar-refractivity contribution in [2.45, 2.75) is 13.0 Å². The quantitative estimate of drug-likeness (QED) is 0.429. The van der Waals surface area contributed by atoms with Crippen molar-refractivity contribution in [3.05, 3.63) is 28.3 Å². The van der Waals surface area contributed by atoms with Gasteiger partial charge in [-0.15, -0.1) is 0 Å². The third-order valence-electron chi connectivity index (χ3n) is 3.82. The standard InChI is InChI=1S/C16H21N3O6S/c1-3-25-16(21)14-10-26-7-6-18(14)9-15(20)17-12-5-4-11(24-2)8-13(12)19(22)23/h4-5,8,14H,3,6-7,9-10H2,1-2H3,(H,17,20). The number of thioether (sulfide) groups is 1. The molecule has 0 aromatic heterocycles. The van der Waals surface area contributed by atoms with Gasteiger partial charge in [0.25, 0.3) is 5.69 Å². The van der Waals surface area contributed by atoms with Gasteiger partial charge in [-0.1, -0.05) is 0 Å². The molecule has 9 nitrogen and oxygen atoms in total. The van der Waals surface area contributed by atoms with Crippen LogP contribution in [0.1, 0.15) is 6.92 Å². The van der Waals surface area contributed by atoms with Crippen LogP contribution in [0.3, 0.4) is 0 Å². The largest absolute Gasteiger partial charge is 0.496 e. The van der Waals surface area contributed by atoms with Crippen LogP contribution in [0.5, 0.6) is 5.75 Å². The van der Waals surface area contributed by atoms with Crippen LogP contribution < -0.4 is 10.1 Å². The highest BCUT2D eigenvalue weighted by Gasteiger charge is 2.31. The van der Waals surface area contributed by atoms with E-state index in [1.165, 1.54) is 25.3 Å². The highest BCUT2D eigenvalue weighted by Crippen LogP contribution is 2.29. The van der Waals surface area contributed by atoms with Crippen LogP contribution in [0, 0.1) is 10.1 Å². The Balaban J connectivity index is 2.07. The highest BCUT2D eigenvalue weighted by atomic mass is 32.2. The summed E-state index contributed by atoms with van der Waals surface area (Å²) in [7, 11) is 1.40. The summed E-state index contributed by atoms with van der Waals surface area (Å²) in [5.74, 6) is 0.883. The number of benzene rings is 1. The predicted molar refractivity (Wildman–Crippen MR) is 97.6 cm³/mol. The molecule has 26 heavy (non-hydrogen) atoms. The van der Waals surface area contributed by atoms with Crippen molar-refractivity contribution in [1.82, 2.24) is 4.90 Å². The Morgan fingerprint density at radius 1 is 1.46 bits per heavy atom. The fourth-order valence-electron chi connectivity index (χ4n) is 2.55. The van der Waals surface area contributed by atoms with E-state index in [9.17, 15) is 19.7 Å². The van der Waals surface area contributed by atoms with Crippen molar-refractivity contribution in [1.29, 1.82) is 0 Å². The SMILES string of the molecule is CCOC(=O)C1CSCCN1CC(=O)Nc1ccc(OC)cc1[N+](=O)[O-]. The number of ether oxygens (including phenoxy) is 2. The Morgan fingerprint density at radius 3 is 2.88 bits per heavy atom. The number of nitrogens with zero attached hydrogens (tertiary/aromatic N) is 2. The summed E-state index contributed by atoms with van der Waals surface area (Å²) < 4.78 is 10.0. The second-order valence-electron chi connectivity index (χ2n) is 5.50. The van der Waals surface area contributed by atoms with Crippen molar-refractivity contribution in [3.8, 4) is 5.75 Å². The third kappa shape index (κ3) is 5.09. The molecular formula is C16H21N3O6S. The van der Waals surface area contributed by atoms with E-state index in [0.717, 1.165) is 5.75 Å². The second kappa shape index (κ2) is 9.39. The molecule has 142 valence electrons. The minimum absolute atomic E-state index is 0.0484. The molecule has 1 N–H and O–H groups in total. The third-order valence-corrected chi connectivity index (χ3v) is 4.84. The maximum Gasteiger partial charge on any atom is 0.324 e. The van der Waals surface area contributed by atoms with Gasteiger partial charge in [0.2, 0.25) is 5.91 Å². The van der Waals surface area contributed by atoms with Gasteiger partial charge in [-0.2, -0.15) is 11.8 Å². The zero-order chi connectivity index (χ0) is 19.1. The van der Waals surface area contributed by atoms with Gasteiger partial charge in [-0.05, 0) is 19.1 Å². The number of nitrogens with one attached hydrogen (secondary N) is 1. The normalized spacial score (nSPS) is 17.4. The first-order valence-corrected chi connectivity index (χ1v) is 9.22. The van der Waals surface area contributed by atoms with Crippen LogP contribution in [0.4, 0.5) is 11.4 Å². The van der Waals surface area contributed by atoms with Crippen LogP contribution >= 0.6 is 11.8 Å². The average molecular weight is 383 g/mol. The van der Waals surface area contributed by atoms with Gasteiger partial charge >= 0.3 is 5.97 Å². The molecule has 10 heteroatoms. The molecule has 1 fully saturated rings. The van der Waals surface area contributed by atoms with Gasteiger partial charge in [0.05, 0.1) is 31.3 Å². The van der Waals surface area contributed by atoms with E-state index < -0.39 is 16.9 Å². The molecule has 0 radical (unpaired) electrons. The number of anilines is 1. The highest BCUT2D eigenvalue weighted by molar-refractivity contribution is 7.99. The number of methoxy groups -OCH3 is 1. The van der Waals surface area contributed by atoms with Crippen LogP contribution in [-0.4, -0.2) is 66.1 Å². The van der Waals surface area contributed by atoms with Crippen molar-refractivity contribution in [2.75, 3.05) is 43.6 Å². The molecular weight excluding hydrogens is 362 g/mol. The van der Waals surface area contributed by atoms with E-state index in [1.54, 1.807) is 23.6 Å². The fourth-order valence-corrected chi connectivity index (χ4v) is 3.65. The van der Waals surface area contributed by atoms with Crippen LogP contribution in [0.15, 0.2) is 18.2 Å². The number of amides is 1. The van der Waals surface area contributed by atoms with Crippen molar-refractivity contribution in [3.63, 3.8) is 0 Å². The Labute approximate surface area is 155 Å². The van der Waals surface area contributed by atoms with Gasteiger partial charge in [0.1, 0.15) is 17.5 Å². The molecule has 1 aromatic carbocycles. The van der Waals surface area contributed by atoms with Crippen LogP contribution in [-0.2, 0) is 14.3 Å². The molecule has 1 aliphatic heterocycles. The number of rotatable bonds is 7. The lowest BCUT2D eigenvalue weighted by Gasteiger charge is -2.32. The molecule has 0 spiro atoms. The molecule has 2 rings (SSSR count). The summed E-state index contributed by atoms with van der Waals surface area (Å²) in [5, 5.41) is 13.7.